The van der Waals surface area contributed by atoms with E-state index in [1.54, 1.807) is 26.5 Å². The summed E-state index contributed by atoms with van der Waals surface area (Å²) >= 11 is 0. The molecule has 0 aromatic carbocycles. The van der Waals surface area contributed by atoms with Crippen molar-refractivity contribution in [3.8, 4) is 0 Å². The molecule has 3 aromatic rings. The van der Waals surface area contributed by atoms with E-state index in [-0.39, 0.29) is 38.1 Å². The van der Waals surface area contributed by atoms with E-state index in [1.807, 2.05) is 0 Å². The second kappa shape index (κ2) is 12.7. The Kier molecular flexibility index (Phi) is 9.48. The summed E-state index contributed by atoms with van der Waals surface area (Å²) in [5.74, 6) is -3.22. The minimum Gasteiger partial charge on any atom is -0.388 e. The van der Waals surface area contributed by atoms with Gasteiger partial charge in [0.25, 0.3) is 11.8 Å². The van der Waals surface area contributed by atoms with Crippen LogP contribution in [0, 0.1) is 0 Å². The number of hydrogen-bond donors (Lipinski definition) is 2. The first-order valence-electron chi connectivity index (χ1n) is 13.2. The Balaban J connectivity index is 0.000000249. The number of methoxy groups -OCH3 is 1. The van der Waals surface area contributed by atoms with E-state index >= 15 is 0 Å². The molecule has 4 heterocycles. The van der Waals surface area contributed by atoms with Gasteiger partial charge in [-0.25, -0.2) is 27.7 Å². The molecule has 1 saturated heterocycles. The van der Waals surface area contributed by atoms with Crippen LogP contribution in [-0.4, -0.2) is 93.4 Å². The van der Waals surface area contributed by atoms with Crippen LogP contribution in [-0.2, 0) is 22.4 Å². The maximum absolute atomic E-state index is 13.5. The summed E-state index contributed by atoms with van der Waals surface area (Å²) in [5.41, 5.74) is 5.22. The number of nitrogens with two attached hydrogens (primary N) is 1. The lowest BCUT2D eigenvalue weighted by atomic mass is 10.2. The van der Waals surface area contributed by atoms with Crippen LogP contribution in [0.1, 0.15) is 59.0 Å². The molecule has 3 aliphatic rings. The van der Waals surface area contributed by atoms with Crippen molar-refractivity contribution in [2.75, 3.05) is 33.9 Å². The van der Waals surface area contributed by atoms with Gasteiger partial charge in [0.1, 0.15) is 5.69 Å². The van der Waals surface area contributed by atoms with Crippen molar-refractivity contribution >= 4 is 17.6 Å². The topological polar surface area (TPSA) is 163 Å². The number of nitrogens with one attached hydrogen (secondary N) is 1. The third kappa shape index (κ3) is 8.13. The lowest BCUT2D eigenvalue weighted by Gasteiger charge is -2.32. The number of carbonyl (C=O) groups is 2. The Morgan fingerprint density at radius 2 is 1.93 bits per heavy atom. The van der Waals surface area contributed by atoms with Gasteiger partial charge in [-0.1, -0.05) is 5.16 Å². The molecule has 6 rings (SSSR count). The van der Waals surface area contributed by atoms with Gasteiger partial charge in [0.05, 0.1) is 37.8 Å². The zero-order chi connectivity index (χ0) is 31.4. The Morgan fingerprint density at radius 1 is 1.23 bits per heavy atom. The van der Waals surface area contributed by atoms with Gasteiger partial charge in [-0.15, -0.1) is 0 Å². The Hall–Kier alpha value is -3.93. The number of halogens is 5. The fourth-order valence-electron chi connectivity index (χ4n) is 4.21. The van der Waals surface area contributed by atoms with E-state index in [0.29, 0.717) is 28.5 Å². The van der Waals surface area contributed by atoms with Crippen molar-refractivity contribution in [3.05, 3.63) is 41.1 Å². The van der Waals surface area contributed by atoms with Gasteiger partial charge >= 0.3 is 12.2 Å². The van der Waals surface area contributed by atoms with Crippen LogP contribution in [0.2, 0.25) is 0 Å². The molecule has 2 saturated carbocycles. The maximum atomic E-state index is 13.5. The molecule has 3 aromatic heterocycles. The lowest BCUT2D eigenvalue weighted by Crippen LogP contribution is -2.56. The molecule has 13 nitrogen and oxygen atoms in total. The number of fused-ring (bicyclic) bond motifs is 1. The molecule has 1 aliphatic heterocycles. The number of carbonyl (C=O) groups excluding carboxylic acids is 2. The number of primary amides is 1. The molecule has 3 amide bonds. The summed E-state index contributed by atoms with van der Waals surface area (Å²) < 4.78 is 80.7. The highest BCUT2D eigenvalue weighted by atomic mass is 19.4. The van der Waals surface area contributed by atoms with Gasteiger partial charge < -0.3 is 25.4 Å². The standard InChI is InChI=1S/C17H18F5N5O2.C6H7N3O2.C2H6O/c18-16(19)9-23-14(28)26(10-16)7-11-5-13-25-12(8-27(13)24-6-11)1-4-29-15(2-3-15)17(20,21)22;7-6(10)5-4(3-1-2-3)8-11-9-5;1-3-2/h5-6,8H,1-4,7,9-10H2,(H,23,28);3H,1-2H2,(H2,7,10);1-2H3. The third-order valence-electron chi connectivity index (χ3n) is 6.68. The first-order chi connectivity index (χ1) is 20.3. The van der Waals surface area contributed by atoms with Crippen LogP contribution in [0.15, 0.2) is 23.1 Å². The van der Waals surface area contributed by atoms with Crippen molar-refractivity contribution in [1.82, 2.24) is 35.1 Å². The minimum absolute atomic E-state index is 0.0320. The second-order valence-electron chi connectivity index (χ2n) is 10.4. The normalized spacial score (nSPS) is 18.7. The number of rotatable bonds is 8. The van der Waals surface area contributed by atoms with Gasteiger partial charge in [-0.3, -0.25) is 4.79 Å². The highest BCUT2D eigenvalue weighted by Gasteiger charge is 2.64. The van der Waals surface area contributed by atoms with E-state index < -0.39 is 42.7 Å². The molecule has 0 atom stereocenters. The molecule has 236 valence electrons. The second-order valence-corrected chi connectivity index (χ2v) is 10.4. The quantitative estimate of drug-likeness (QED) is 0.362. The van der Waals surface area contributed by atoms with Gasteiger partial charge in [0, 0.05) is 33.1 Å². The van der Waals surface area contributed by atoms with E-state index in [0.717, 1.165) is 17.7 Å². The summed E-state index contributed by atoms with van der Waals surface area (Å²) in [5, 5.41) is 13.3. The zero-order valence-corrected chi connectivity index (χ0v) is 23.4. The number of imidazole rings is 1. The molecule has 0 unspecified atom stereocenters. The Bertz CT molecular complexity index is 1420. The zero-order valence-electron chi connectivity index (χ0n) is 23.4. The SMILES string of the molecule is COC.NC(=O)c1nonc1C1CC1.O=C1NCC(F)(F)CN1Cc1cnn2cc(CCOC3(C(F)(F)F)CC3)nc2c1. The number of alkyl halides is 5. The average molecular weight is 619 g/mol. The predicted molar refractivity (Wildman–Crippen MR) is 137 cm³/mol. The fraction of sp³-hybridized carbons (Fsp3) is 0.600. The Labute approximate surface area is 241 Å². The van der Waals surface area contributed by atoms with Crippen molar-refractivity contribution in [2.24, 2.45) is 5.73 Å². The smallest absolute Gasteiger partial charge is 0.388 e. The highest BCUT2D eigenvalue weighted by molar-refractivity contribution is 5.91. The number of aromatic nitrogens is 5. The van der Waals surface area contributed by atoms with Crippen molar-refractivity contribution < 1.29 is 45.6 Å². The summed E-state index contributed by atoms with van der Waals surface area (Å²) in [6.07, 6.45) is 0.834. The molecule has 0 bridgehead atoms. The van der Waals surface area contributed by atoms with Gasteiger partial charge in [-0.2, -0.15) is 18.3 Å². The fourth-order valence-corrected chi connectivity index (χ4v) is 4.21. The number of ether oxygens (including phenoxy) is 2. The predicted octanol–water partition coefficient (Wildman–Crippen LogP) is 2.85. The summed E-state index contributed by atoms with van der Waals surface area (Å²) in [6.45, 7) is -1.58. The molecule has 0 radical (unpaired) electrons. The van der Waals surface area contributed by atoms with Gasteiger partial charge in [0.2, 0.25) is 0 Å². The average Bonchev–Trinajstić information content (AvgIpc) is 3.84. The molecule has 2 aliphatic carbocycles. The number of amides is 3. The summed E-state index contributed by atoms with van der Waals surface area (Å²) in [7, 11) is 3.25. The largest absolute Gasteiger partial charge is 0.417 e. The minimum atomic E-state index is -4.38. The number of urea groups is 1. The van der Waals surface area contributed by atoms with E-state index in [1.165, 1.54) is 10.7 Å². The molecule has 3 N–H and O–H groups in total. The van der Waals surface area contributed by atoms with Crippen LogP contribution in [0.3, 0.4) is 0 Å². The molecule has 43 heavy (non-hydrogen) atoms. The maximum Gasteiger partial charge on any atom is 0.417 e. The first-order valence-corrected chi connectivity index (χ1v) is 13.2. The monoisotopic (exact) mass is 618 g/mol. The van der Waals surface area contributed by atoms with Crippen LogP contribution in [0.5, 0.6) is 0 Å². The van der Waals surface area contributed by atoms with E-state index in [2.05, 4.69) is 35.1 Å². The molecule has 18 heteroatoms. The lowest BCUT2D eigenvalue weighted by molar-refractivity contribution is -0.235. The first kappa shape index (κ1) is 32.0. The van der Waals surface area contributed by atoms with E-state index in [4.69, 9.17) is 10.5 Å². The van der Waals surface area contributed by atoms with Crippen LogP contribution in [0.4, 0.5) is 26.7 Å². The van der Waals surface area contributed by atoms with Gasteiger partial charge in [0.15, 0.2) is 16.9 Å². The van der Waals surface area contributed by atoms with Crippen molar-refractivity contribution in [3.63, 3.8) is 0 Å². The Morgan fingerprint density at radius 3 is 2.53 bits per heavy atom. The van der Waals surface area contributed by atoms with Crippen LogP contribution < -0.4 is 11.1 Å². The molecule has 0 spiro atoms. The number of hydrogen-bond acceptors (Lipinski definition) is 9. The molecular formula is C25H31F5N8O5. The number of nitrogens with zero attached hydrogens (tertiary/aromatic N) is 6. The summed E-state index contributed by atoms with van der Waals surface area (Å²) in [4.78, 5) is 27.7. The third-order valence-corrected chi connectivity index (χ3v) is 6.68. The van der Waals surface area contributed by atoms with Crippen molar-refractivity contribution in [1.29, 1.82) is 0 Å². The highest BCUT2D eigenvalue weighted by Crippen LogP contribution is 2.52. The van der Waals surface area contributed by atoms with Crippen molar-refractivity contribution in [2.45, 2.75) is 62.3 Å². The molecule has 3 fully saturated rings. The van der Waals surface area contributed by atoms with Gasteiger partial charge in [-0.05, 0) is 42.5 Å². The van der Waals surface area contributed by atoms with E-state index in [9.17, 15) is 31.5 Å². The molecular weight excluding hydrogens is 587 g/mol. The van der Waals surface area contributed by atoms with Crippen LogP contribution >= 0.6 is 0 Å². The summed E-state index contributed by atoms with van der Waals surface area (Å²) in [6, 6.07) is 1.01. The van der Waals surface area contributed by atoms with Crippen LogP contribution in [0.25, 0.3) is 5.65 Å².